The number of nitrogens with one attached hydrogen (secondary N) is 1. The summed E-state index contributed by atoms with van der Waals surface area (Å²) in [5.41, 5.74) is 1.10. The predicted molar refractivity (Wildman–Crippen MR) is 94.6 cm³/mol. The van der Waals surface area contributed by atoms with Gasteiger partial charge in [0, 0.05) is 39.6 Å². The van der Waals surface area contributed by atoms with Crippen molar-refractivity contribution in [2.24, 2.45) is 0 Å². The van der Waals surface area contributed by atoms with Gasteiger partial charge in [0.2, 0.25) is 11.9 Å². The van der Waals surface area contributed by atoms with Crippen molar-refractivity contribution < 1.29 is 9.53 Å². The minimum atomic E-state index is 0.113. The number of carbonyl (C=O) groups is 1. The first-order valence-electron chi connectivity index (χ1n) is 8.22. The number of amides is 1. The average molecular weight is 342 g/mol. The van der Waals surface area contributed by atoms with E-state index in [1.54, 1.807) is 20.2 Å². The van der Waals surface area contributed by atoms with Gasteiger partial charge in [0.25, 0.3) is 0 Å². The zero-order valence-electron chi connectivity index (χ0n) is 14.5. The minimum absolute atomic E-state index is 0.113. The maximum absolute atomic E-state index is 11.4. The number of hydrogen-bond donors (Lipinski definition) is 1. The quantitative estimate of drug-likeness (QED) is 0.873. The van der Waals surface area contributed by atoms with E-state index in [9.17, 15) is 4.79 Å². The van der Waals surface area contributed by atoms with Crippen LogP contribution in [0.5, 0.6) is 5.75 Å². The summed E-state index contributed by atoms with van der Waals surface area (Å²) in [5, 5.41) is 11.3. The number of nitrogens with zero attached hydrogens (tertiary/aromatic N) is 5. The summed E-state index contributed by atoms with van der Waals surface area (Å²) < 4.78 is 5.15. The van der Waals surface area contributed by atoms with Crippen LogP contribution in [-0.4, -0.2) is 59.3 Å². The summed E-state index contributed by atoms with van der Waals surface area (Å²) in [6.45, 7) is 5.10. The zero-order chi connectivity index (χ0) is 17.6. The molecule has 0 unspecified atom stereocenters. The molecule has 1 aliphatic heterocycles. The molecule has 25 heavy (non-hydrogen) atoms. The zero-order valence-corrected chi connectivity index (χ0v) is 14.5. The molecule has 1 aliphatic rings. The highest BCUT2D eigenvalue weighted by Crippen LogP contribution is 2.15. The molecule has 2 heterocycles. The van der Waals surface area contributed by atoms with Crippen molar-refractivity contribution in [1.29, 1.82) is 0 Å². The van der Waals surface area contributed by atoms with E-state index in [-0.39, 0.29) is 5.91 Å². The third-order valence-electron chi connectivity index (χ3n) is 4.20. The van der Waals surface area contributed by atoms with Gasteiger partial charge in [0.15, 0.2) is 5.82 Å². The predicted octanol–water partition coefficient (Wildman–Crippen LogP) is 1.16. The molecular weight excluding hydrogens is 320 g/mol. The van der Waals surface area contributed by atoms with Crippen LogP contribution >= 0.6 is 0 Å². The Kier molecular flexibility index (Phi) is 5.27. The maximum Gasteiger partial charge on any atom is 0.244 e. The van der Waals surface area contributed by atoms with Crippen molar-refractivity contribution in [2.75, 3.05) is 43.5 Å². The number of hydrogen-bond acceptors (Lipinski definition) is 7. The first kappa shape index (κ1) is 16.9. The first-order chi connectivity index (χ1) is 12.2. The summed E-state index contributed by atoms with van der Waals surface area (Å²) >= 11 is 0. The van der Waals surface area contributed by atoms with E-state index in [1.165, 1.54) is 0 Å². The molecule has 2 aromatic rings. The molecule has 8 nitrogen and oxygen atoms in total. The third kappa shape index (κ3) is 4.34. The van der Waals surface area contributed by atoms with Gasteiger partial charge in [0.1, 0.15) is 5.75 Å². The van der Waals surface area contributed by atoms with Gasteiger partial charge >= 0.3 is 0 Å². The second-order valence-electron chi connectivity index (χ2n) is 5.83. The highest BCUT2D eigenvalue weighted by atomic mass is 16.5. The fourth-order valence-electron chi connectivity index (χ4n) is 2.70. The molecule has 3 rings (SSSR count). The van der Waals surface area contributed by atoms with Crippen molar-refractivity contribution in [3.63, 3.8) is 0 Å². The minimum Gasteiger partial charge on any atom is -0.497 e. The third-order valence-corrected chi connectivity index (χ3v) is 4.20. The van der Waals surface area contributed by atoms with E-state index in [1.807, 2.05) is 29.2 Å². The average Bonchev–Trinajstić information content (AvgIpc) is 2.67. The van der Waals surface area contributed by atoms with E-state index >= 15 is 0 Å². The lowest BCUT2D eigenvalue weighted by atomic mass is 10.2. The van der Waals surface area contributed by atoms with Gasteiger partial charge in [-0.3, -0.25) is 4.79 Å². The Balaban J connectivity index is 1.58. The number of ether oxygens (including phenoxy) is 1. The molecule has 0 radical (unpaired) electrons. The normalized spacial score (nSPS) is 14.3. The van der Waals surface area contributed by atoms with Crippen LogP contribution in [0.2, 0.25) is 0 Å². The van der Waals surface area contributed by atoms with Crippen LogP contribution in [0.25, 0.3) is 0 Å². The van der Waals surface area contributed by atoms with Crippen LogP contribution in [0.15, 0.2) is 30.5 Å². The van der Waals surface area contributed by atoms with Crippen molar-refractivity contribution in [3.8, 4) is 5.75 Å². The number of aromatic nitrogens is 3. The second-order valence-corrected chi connectivity index (χ2v) is 5.83. The van der Waals surface area contributed by atoms with Gasteiger partial charge in [-0.25, -0.2) is 0 Å². The number of methoxy groups -OCH3 is 1. The molecule has 0 aliphatic carbocycles. The fraction of sp³-hybridized carbons (Fsp3) is 0.412. The second kappa shape index (κ2) is 7.78. The van der Waals surface area contributed by atoms with E-state index < -0.39 is 0 Å². The Labute approximate surface area is 146 Å². The lowest BCUT2D eigenvalue weighted by Gasteiger charge is -2.34. The molecule has 132 valence electrons. The van der Waals surface area contributed by atoms with E-state index in [2.05, 4.69) is 25.4 Å². The van der Waals surface area contributed by atoms with Crippen LogP contribution in [0.4, 0.5) is 11.8 Å². The topological polar surface area (TPSA) is 83.5 Å². The van der Waals surface area contributed by atoms with Crippen molar-refractivity contribution in [3.05, 3.63) is 36.0 Å². The molecular formula is C17H22N6O2. The van der Waals surface area contributed by atoms with Gasteiger partial charge in [-0.05, 0) is 17.7 Å². The van der Waals surface area contributed by atoms with Gasteiger partial charge in [0.05, 0.1) is 13.3 Å². The number of rotatable bonds is 5. The smallest absolute Gasteiger partial charge is 0.244 e. The van der Waals surface area contributed by atoms with Crippen LogP contribution in [-0.2, 0) is 11.3 Å². The molecule has 8 heteroatoms. The van der Waals surface area contributed by atoms with Crippen LogP contribution in [0, 0.1) is 0 Å². The molecule has 0 spiro atoms. The van der Waals surface area contributed by atoms with Gasteiger partial charge in [-0.15, -0.1) is 5.10 Å². The molecule has 1 N–H and O–H groups in total. The first-order valence-corrected chi connectivity index (χ1v) is 8.22. The van der Waals surface area contributed by atoms with Crippen molar-refractivity contribution in [1.82, 2.24) is 20.1 Å². The van der Waals surface area contributed by atoms with E-state index in [0.717, 1.165) is 30.2 Å². The summed E-state index contributed by atoms with van der Waals surface area (Å²) in [4.78, 5) is 19.9. The van der Waals surface area contributed by atoms with Gasteiger partial charge in [-0.2, -0.15) is 10.1 Å². The summed E-state index contributed by atoms with van der Waals surface area (Å²) in [6, 6.07) is 7.82. The fourth-order valence-corrected chi connectivity index (χ4v) is 2.70. The Hall–Kier alpha value is -2.90. The molecule has 1 amide bonds. The lowest BCUT2D eigenvalue weighted by molar-refractivity contribution is -0.129. The van der Waals surface area contributed by atoms with Crippen LogP contribution in [0.1, 0.15) is 12.5 Å². The SMILES string of the molecule is COc1ccc(CNc2nncc(N3CCN(C(C)=O)CC3)n2)cc1. The van der Waals surface area contributed by atoms with E-state index in [4.69, 9.17) is 4.74 Å². The molecule has 0 bridgehead atoms. The summed E-state index contributed by atoms with van der Waals surface area (Å²) in [6.07, 6.45) is 1.65. The standard InChI is InChI=1S/C17H22N6O2/c1-13(24)22-7-9-23(10-8-22)16-12-19-21-17(20-16)18-11-14-3-5-15(25-2)6-4-14/h3-6,12H,7-11H2,1-2H3,(H,18,20,21). The monoisotopic (exact) mass is 342 g/mol. The van der Waals surface area contributed by atoms with Gasteiger partial charge < -0.3 is 19.9 Å². The highest BCUT2D eigenvalue weighted by Gasteiger charge is 2.20. The lowest BCUT2D eigenvalue weighted by Crippen LogP contribution is -2.48. The Morgan fingerprint density at radius 2 is 1.92 bits per heavy atom. The largest absolute Gasteiger partial charge is 0.497 e. The van der Waals surface area contributed by atoms with Crippen molar-refractivity contribution in [2.45, 2.75) is 13.5 Å². The molecule has 0 saturated carbocycles. The molecule has 1 saturated heterocycles. The van der Waals surface area contributed by atoms with Crippen LogP contribution < -0.4 is 15.0 Å². The number of benzene rings is 1. The number of anilines is 2. The maximum atomic E-state index is 11.4. The molecule has 1 fully saturated rings. The molecule has 0 atom stereocenters. The Morgan fingerprint density at radius 1 is 1.20 bits per heavy atom. The Bertz CT molecular complexity index is 713. The number of piperazine rings is 1. The summed E-state index contributed by atoms with van der Waals surface area (Å²) in [7, 11) is 1.65. The molecule has 1 aromatic heterocycles. The molecule has 1 aromatic carbocycles. The van der Waals surface area contributed by atoms with E-state index in [0.29, 0.717) is 25.6 Å². The van der Waals surface area contributed by atoms with Gasteiger partial charge in [-0.1, -0.05) is 12.1 Å². The summed E-state index contributed by atoms with van der Waals surface area (Å²) in [5.74, 6) is 2.20. The van der Waals surface area contributed by atoms with Crippen molar-refractivity contribution >= 4 is 17.7 Å². The number of carbonyl (C=O) groups excluding carboxylic acids is 1. The Morgan fingerprint density at radius 3 is 2.56 bits per heavy atom. The highest BCUT2D eigenvalue weighted by molar-refractivity contribution is 5.73. The van der Waals surface area contributed by atoms with Crippen LogP contribution in [0.3, 0.4) is 0 Å².